The summed E-state index contributed by atoms with van der Waals surface area (Å²) in [5.41, 5.74) is 1.82. The van der Waals surface area contributed by atoms with Crippen LogP contribution in [0, 0.1) is 5.92 Å². The van der Waals surface area contributed by atoms with E-state index >= 15 is 0 Å². The highest BCUT2D eigenvalue weighted by Crippen LogP contribution is 2.38. The number of nitrogens with one attached hydrogen (secondary N) is 3. The van der Waals surface area contributed by atoms with Crippen LogP contribution in [-0.2, 0) is 9.47 Å². The molecule has 3 N–H and O–H groups in total. The Kier molecular flexibility index (Phi) is 5.45. The number of pyridine rings is 1. The van der Waals surface area contributed by atoms with Crippen molar-refractivity contribution < 1.29 is 14.3 Å². The van der Waals surface area contributed by atoms with E-state index < -0.39 is 0 Å². The fraction of sp³-hybridized carbons (Fsp3) is 0.500. The van der Waals surface area contributed by atoms with E-state index in [1.807, 2.05) is 6.07 Å². The molecule has 3 aliphatic rings. The van der Waals surface area contributed by atoms with Crippen molar-refractivity contribution in [2.75, 3.05) is 31.4 Å². The van der Waals surface area contributed by atoms with Crippen molar-refractivity contribution in [1.29, 1.82) is 0 Å². The van der Waals surface area contributed by atoms with E-state index in [1.54, 1.807) is 37.1 Å². The second-order valence-corrected chi connectivity index (χ2v) is 9.51. The van der Waals surface area contributed by atoms with Gasteiger partial charge in [-0.1, -0.05) is 0 Å². The largest absolute Gasteiger partial charge is 0.385 e. The van der Waals surface area contributed by atoms with Gasteiger partial charge in [0, 0.05) is 39.1 Å². The van der Waals surface area contributed by atoms with E-state index in [2.05, 4.69) is 26.0 Å². The fourth-order valence-corrected chi connectivity index (χ4v) is 5.36. The number of amides is 1. The predicted molar refractivity (Wildman–Crippen MR) is 129 cm³/mol. The van der Waals surface area contributed by atoms with Crippen LogP contribution in [0.4, 0.5) is 17.2 Å². The molecule has 0 bridgehead atoms. The van der Waals surface area contributed by atoms with Gasteiger partial charge in [0.25, 0.3) is 11.5 Å². The average Bonchev–Trinajstić information content (AvgIpc) is 3.42. The summed E-state index contributed by atoms with van der Waals surface area (Å²) in [6.45, 7) is 0.758. The molecular formula is C24H29N7O4. The number of fused-ring (bicyclic) bond motifs is 2. The second-order valence-electron chi connectivity index (χ2n) is 9.51. The van der Waals surface area contributed by atoms with Crippen molar-refractivity contribution in [3.8, 4) is 0 Å². The third-order valence-electron chi connectivity index (χ3n) is 7.54. The molecule has 3 atom stereocenters. The Morgan fingerprint density at radius 2 is 2.11 bits per heavy atom. The Morgan fingerprint density at radius 1 is 1.26 bits per heavy atom. The van der Waals surface area contributed by atoms with Gasteiger partial charge in [0.15, 0.2) is 17.2 Å². The Morgan fingerprint density at radius 3 is 2.89 bits per heavy atom. The van der Waals surface area contributed by atoms with E-state index in [9.17, 15) is 9.59 Å². The third kappa shape index (κ3) is 3.75. The summed E-state index contributed by atoms with van der Waals surface area (Å²) in [5.74, 6) is 0.723. The van der Waals surface area contributed by atoms with Crippen molar-refractivity contribution in [2.24, 2.45) is 5.92 Å². The van der Waals surface area contributed by atoms with Gasteiger partial charge in [-0.2, -0.15) is 0 Å². The maximum Gasteiger partial charge on any atom is 0.274 e. The van der Waals surface area contributed by atoms with Gasteiger partial charge in [0.1, 0.15) is 5.69 Å². The number of ether oxygens (including phenoxy) is 2. The minimum Gasteiger partial charge on any atom is -0.385 e. The smallest absolute Gasteiger partial charge is 0.274 e. The lowest BCUT2D eigenvalue weighted by Gasteiger charge is -2.39. The lowest BCUT2D eigenvalue weighted by atomic mass is 9.77. The summed E-state index contributed by atoms with van der Waals surface area (Å²) < 4.78 is 14.3. The van der Waals surface area contributed by atoms with Gasteiger partial charge in [0.2, 0.25) is 0 Å². The van der Waals surface area contributed by atoms with Gasteiger partial charge in [-0.05, 0) is 43.7 Å². The van der Waals surface area contributed by atoms with E-state index in [1.165, 1.54) is 10.7 Å². The van der Waals surface area contributed by atoms with Gasteiger partial charge in [0.05, 0.1) is 30.1 Å². The molecule has 4 heterocycles. The number of hydrogen-bond donors (Lipinski definition) is 3. The number of methoxy groups -OCH3 is 1. The summed E-state index contributed by atoms with van der Waals surface area (Å²) in [7, 11) is 3.47. The van der Waals surface area contributed by atoms with Crippen molar-refractivity contribution in [1.82, 2.24) is 24.5 Å². The lowest BCUT2D eigenvalue weighted by molar-refractivity contribution is -0.000686. The van der Waals surface area contributed by atoms with Crippen LogP contribution in [0.3, 0.4) is 0 Å². The lowest BCUT2D eigenvalue weighted by Crippen LogP contribution is -2.54. The first-order chi connectivity index (χ1) is 17.1. The number of rotatable bonds is 7. The Bertz CT molecular complexity index is 1330. The molecule has 0 spiro atoms. The van der Waals surface area contributed by atoms with Gasteiger partial charge in [-0.15, -0.1) is 5.10 Å². The van der Waals surface area contributed by atoms with Crippen LogP contribution in [-0.4, -0.2) is 64.1 Å². The fourth-order valence-electron chi connectivity index (χ4n) is 5.36. The van der Waals surface area contributed by atoms with Gasteiger partial charge >= 0.3 is 0 Å². The minimum atomic E-state index is -0.247. The highest BCUT2D eigenvalue weighted by atomic mass is 16.5. The molecule has 1 amide bonds. The molecule has 0 aromatic carbocycles. The quantitative estimate of drug-likeness (QED) is 0.470. The molecule has 3 aromatic heterocycles. The molecule has 2 aliphatic carbocycles. The first-order valence-electron chi connectivity index (χ1n) is 12.1. The first-order valence-corrected chi connectivity index (χ1v) is 12.1. The van der Waals surface area contributed by atoms with Crippen LogP contribution in [0.1, 0.15) is 42.2 Å². The van der Waals surface area contributed by atoms with Crippen LogP contribution in [0.5, 0.6) is 0 Å². The number of hydrogen-bond acceptors (Lipinski definition) is 8. The number of nitrogens with zero attached hydrogens (tertiary/aromatic N) is 4. The molecular weight excluding hydrogens is 450 g/mol. The van der Waals surface area contributed by atoms with Crippen LogP contribution in [0.2, 0.25) is 0 Å². The zero-order valence-electron chi connectivity index (χ0n) is 19.7. The molecule has 11 nitrogen and oxygen atoms in total. The zero-order chi connectivity index (χ0) is 24.1. The second kappa shape index (κ2) is 8.65. The molecule has 1 aliphatic heterocycles. The average molecular weight is 480 g/mol. The third-order valence-corrected chi connectivity index (χ3v) is 7.54. The number of anilines is 3. The molecule has 6 rings (SSSR count). The number of imidazole rings is 1. The van der Waals surface area contributed by atoms with E-state index in [4.69, 9.17) is 9.47 Å². The summed E-state index contributed by atoms with van der Waals surface area (Å²) in [6, 6.07) is 5.48. The predicted octanol–water partition coefficient (Wildman–Crippen LogP) is 1.93. The summed E-state index contributed by atoms with van der Waals surface area (Å²) in [6.07, 6.45) is 7.24. The molecule has 35 heavy (non-hydrogen) atoms. The minimum absolute atomic E-state index is 0.0117. The van der Waals surface area contributed by atoms with E-state index in [0.29, 0.717) is 34.5 Å². The first kappa shape index (κ1) is 22.1. The Balaban J connectivity index is 1.27. The maximum atomic E-state index is 13.1. The molecule has 3 aromatic rings. The molecule has 184 valence electrons. The van der Waals surface area contributed by atoms with Crippen molar-refractivity contribution in [3.05, 3.63) is 46.6 Å². The van der Waals surface area contributed by atoms with Gasteiger partial charge in [-0.25, -0.2) is 9.50 Å². The molecule has 2 saturated carbocycles. The van der Waals surface area contributed by atoms with E-state index in [-0.39, 0.29) is 35.8 Å². The number of carbonyl (C=O) groups is 1. The number of carbonyl (C=O) groups excluding carboxylic acids is 1. The van der Waals surface area contributed by atoms with Crippen molar-refractivity contribution >= 4 is 28.7 Å². The summed E-state index contributed by atoms with van der Waals surface area (Å²) >= 11 is 0. The summed E-state index contributed by atoms with van der Waals surface area (Å²) in [5, 5.41) is 13.9. The maximum absolute atomic E-state index is 13.1. The standard InChI is InChI=1S/C24H29N7O4/c1-25-18-11-20(27-16-4-3-6-30(24(16)33)14-9-15(10-14)34-2)29-31-19(12-26-22(18)31)23(32)28-17-8-13-5-7-35-21(13)17/h3-4,6,11-15,17,21,25H,5,7-10H2,1-2H3,(H,27,29)(H,28,32)/t13-,14?,15?,17-,21-/m1/s1. The highest BCUT2D eigenvalue weighted by molar-refractivity contribution is 5.94. The van der Waals surface area contributed by atoms with Crippen LogP contribution < -0.4 is 21.5 Å². The number of aromatic nitrogens is 4. The van der Waals surface area contributed by atoms with Crippen molar-refractivity contribution in [3.63, 3.8) is 0 Å². The molecule has 0 radical (unpaired) electrons. The molecule has 1 saturated heterocycles. The molecule has 0 unspecified atom stereocenters. The topological polar surface area (TPSA) is 124 Å². The molecule has 11 heteroatoms. The molecule has 3 fully saturated rings. The van der Waals surface area contributed by atoms with Crippen LogP contribution >= 0.6 is 0 Å². The normalized spacial score (nSPS) is 27.1. The van der Waals surface area contributed by atoms with Crippen molar-refractivity contribution in [2.45, 2.75) is 50.0 Å². The van der Waals surface area contributed by atoms with Crippen LogP contribution in [0.15, 0.2) is 35.4 Å². The van der Waals surface area contributed by atoms with Gasteiger partial charge in [-0.3, -0.25) is 9.59 Å². The van der Waals surface area contributed by atoms with Crippen LogP contribution in [0.25, 0.3) is 5.65 Å². The highest BCUT2D eigenvalue weighted by Gasteiger charge is 2.46. The monoisotopic (exact) mass is 479 g/mol. The Labute approximate surface area is 201 Å². The summed E-state index contributed by atoms with van der Waals surface area (Å²) in [4.78, 5) is 30.6. The Hall–Kier alpha value is -3.44. The van der Waals surface area contributed by atoms with Gasteiger partial charge < -0.3 is 30.0 Å². The zero-order valence-corrected chi connectivity index (χ0v) is 19.7. The van der Waals surface area contributed by atoms with E-state index in [0.717, 1.165) is 32.3 Å². The SMILES string of the molecule is CNc1cc(Nc2cccn(C3CC(OC)C3)c2=O)nn2c(C(=O)N[C@@H]3C[C@H]4CCO[C@H]43)cnc12.